The van der Waals surface area contributed by atoms with E-state index in [9.17, 15) is 9.18 Å². The van der Waals surface area contributed by atoms with Gasteiger partial charge in [0, 0.05) is 63.4 Å². The van der Waals surface area contributed by atoms with Crippen LogP contribution in [0.4, 0.5) is 10.3 Å². The van der Waals surface area contributed by atoms with Crippen LogP contribution in [0.5, 0.6) is 0 Å². The van der Waals surface area contributed by atoms with Crippen molar-refractivity contribution in [2.45, 2.75) is 19.4 Å². The first-order valence-corrected chi connectivity index (χ1v) is 9.61. The molecule has 0 atom stereocenters. The molecule has 2 aliphatic rings. The van der Waals surface area contributed by atoms with Crippen molar-refractivity contribution >= 4 is 5.95 Å². The molecule has 0 bridgehead atoms. The number of fused-ring (bicyclic) bond motifs is 1. The van der Waals surface area contributed by atoms with Crippen LogP contribution in [0.25, 0.3) is 0 Å². The number of anilines is 1. The predicted octanol–water partition coefficient (Wildman–Crippen LogP) is 1.26. The van der Waals surface area contributed by atoms with Crippen molar-refractivity contribution in [3.63, 3.8) is 0 Å². The molecule has 1 saturated heterocycles. The lowest BCUT2D eigenvalue weighted by Crippen LogP contribution is -2.45. The van der Waals surface area contributed by atoms with Crippen LogP contribution in [0.2, 0.25) is 0 Å². The summed E-state index contributed by atoms with van der Waals surface area (Å²) in [5, 5.41) is 0. The van der Waals surface area contributed by atoms with Crippen LogP contribution in [0.1, 0.15) is 16.8 Å². The van der Waals surface area contributed by atoms with Crippen LogP contribution >= 0.6 is 0 Å². The van der Waals surface area contributed by atoms with E-state index in [1.807, 2.05) is 12.1 Å². The van der Waals surface area contributed by atoms with E-state index >= 15 is 0 Å². The molecular weight excluding hydrogens is 345 g/mol. The monoisotopic (exact) mass is 371 g/mol. The summed E-state index contributed by atoms with van der Waals surface area (Å²) in [6.45, 7) is 5.76. The van der Waals surface area contributed by atoms with E-state index in [0.29, 0.717) is 30.9 Å². The van der Waals surface area contributed by atoms with Gasteiger partial charge < -0.3 is 9.80 Å². The number of hydrogen-bond donors (Lipinski definition) is 1. The number of benzene rings is 1. The van der Waals surface area contributed by atoms with Gasteiger partial charge in [-0.15, -0.1) is 0 Å². The van der Waals surface area contributed by atoms with Gasteiger partial charge in [-0.05, 0) is 19.5 Å². The van der Waals surface area contributed by atoms with E-state index in [1.165, 1.54) is 6.07 Å². The van der Waals surface area contributed by atoms with E-state index in [-0.39, 0.29) is 11.4 Å². The second-order valence-corrected chi connectivity index (χ2v) is 7.47. The van der Waals surface area contributed by atoms with Gasteiger partial charge in [0.15, 0.2) is 0 Å². The zero-order valence-electron chi connectivity index (χ0n) is 15.7. The molecule has 27 heavy (non-hydrogen) atoms. The number of aromatic nitrogens is 2. The molecule has 2 aliphatic heterocycles. The number of halogens is 1. The number of nitrogens with one attached hydrogen (secondary N) is 1. The maximum atomic E-state index is 14.0. The number of hydrogen-bond acceptors (Lipinski definition) is 5. The van der Waals surface area contributed by atoms with Crippen molar-refractivity contribution in [2.75, 3.05) is 51.2 Å². The molecule has 0 unspecified atom stereocenters. The molecule has 1 N–H and O–H groups in total. The molecule has 1 fully saturated rings. The van der Waals surface area contributed by atoms with Crippen LogP contribution in [-0.4, -0.2) is 66.1 Å². The first kappa shape index (κ1) is 18.1. The molecular formula is C20H26FN5O. The molecule has 0 aliphatic carbocycles. The number of rotatable bonds is 3. The zero-order valence-corrected chi connectivity index (χ0v) is 15.7. The third kappa shape index (κ3) is 4.04. The van der Waals surface area contributed by atoms with E-state index in [0.717, 1.165) is 50.5 Å². The highest BCUT2D eigenvalue weighted by atomic mass is 19.1. The molecule has 0 radical (unpaired) electrons. The summed E-state index contributed by atoms with van der Waals surface area (Å²) in [7, 11) is 2.11. The number of piperazine rings is 1. The average Bonchev–Trinajstić information content (AvgIpc) is 2.87. The smallest absolute Gasteiger partial charge is 0.255 e. The topological polar surface area (TPSA) is 55.5 Å². The fourth-order valence-electron chi connectivity index (χ4n) is 3.84. The third-order valence-corrected chi connectivity index (χ3v) is 5.59. The summed E-state index contributed by atoms with van der Waals surface area (Å²) >= 11 is 0. The zero-order chi connectivity index (χ0) is 18.8. The van der Waals surface area contributed by atoms with Crippen LogP contribution < -0.4 is 10.5 Å². The van der Waals surface area contributed by atoms with Crippen LogP contribution in [-0.2, 0) is 19.4 Å². The van der Waals surface area contributed by atoms with Crippen molar-refractivity contribution in [3.05, 3.63) is 57.3 Å². The highest BCUT2D eigenvalue weighted by Gasteiger charge is 2.22. The van der Waals surface area contributed by atoms with Gasteiger partial charge in [0.05, 0.1) is 5.69 Å². The van der Waals surface area contributed by atoms with E-state index in [4.69, 9.17) is 4.98 Å². The highest BCUT2D eigenvalue weighted by molar-refractivity contribution is 5.35. The number of aromatic amines is 1. The summed E-state index contributed by atoms with van der Waals surface area (Å²) in [4.78, 5) is 27.1. The Morgan fingerprint density at radius 2 is 1.81 bits per heavy atom. The molecule has 0 saturated carbocycles. The SMILES string of the molecule is CN1CCN(c2nc3c(c(=O)[nH]2)CCN(Cc2ccccc2F)CC3)CC1. The molecule has 6 nitrogen and oxygen atoms in total. The van der Waals surface area contributed by atoms with Crippen molar-refractivity contribution < 1.29 is 4.39 Å². The van der Waals surface area contributed by atoms with Gasteiger partial charge in [0.25, 0.3) is 5.56 Å². The number of H-pyrrole nitrogens is 1. The van der Waals surface area contributed by atoms with Gasteiger partial charge in [-0.2, -0.15) is 0 Å². The largest absolute Gasteiger partial charge is 0.340 e. The van der Waals surface area contributed by atoms with Gasteiger partial charge in [0.2, 0.25) is 5.95 Å². The standard InChI is InChI=1S/C20H26FN5O/c1-24-10-12-26(13-11-24)20-22-18-7-9-25(8-6-16(18)19(27)23-20)14-15-4-2-3-5-17(15)21/h2-5H,6-14H2,1H3,(H,22,23,27). The van der Waals surface area contributed by atoms with Crippen molar-refractivity contribution in [2.24, 2.45) is 0 Å². The molecule has 0 amide bonds. The average molecular weight is 371 g/mol. The Balaban J connectivity index is 1.50. The summed E-state index contributed by atoms with van der Waals surface area (Å²) in [5.41, 5.74) is 2.35. The van der Waals surface area contributed by atoms with Gasteiger partial charge in [-0.3, -0.25) is 14.7 Å². The fraction of sp³-hybridized carbons (Fsp3) is 0.500. The Bertz CT molecular complexity index is 860. The lowest BCUT2D eigenvalue weighted by atomic mass is 10.1. The molecule has 1 aromatic heterocycles. The molecule has 0 spiro atoms. The lowest BCUT2D eigenvalue weighted by Gasteiger charge is -2.32. The molecule has 1 aromatic carbocycles. The van der Waals surface area contributed by atoms with Crippen LogP contribution in [0, 0.1) is 5.82 Å². The predicted molar refractivity (Wildman–Crippen MR) is 104 cm³/mol. The summed E-state index contributed by atoms with van der Waals surface area (Å²) in [6.07, 6.45) is 1.36. The summed E-state index contributed by atoms with van der Waals surface area (Å²) in [5.74, 6) is 0.516. The van der Waals surface area contributed by atoms with Gasteiger partial charge in [-0.1, -0.05) is 18.2 Å². The second kappa shape index (κ2) is 7.78. The van der Waals surface area contributed by atoms with Crippen molar-refractivity contribution in [1.29, 1.82) is 0 Å². The van der Waals surface area contributed by atoms with E-state index in [2.05, 4.69) is 26.7 Å². The fourth-order valence-corrected chi connectivity index (χ4v) is 3.84. The van der Waals surface area contributed by atoms with Crippen LogP contribution in [0.3, 0.4) is 0 Å². The lowest BCUT2D eigenvalue weighted by molar-refractivity contribution is 0.274. The summed E-state index contributed by atoms with van der Waals surface area (Å²) in [6, 6.07) is 6.89. The molecule has 3 heterocycles. The van der Waals surface area contributed by atoms with E-state index < -0.39 is 0 Å². The maximum absolute atomic E-state index is 14.0. The Hall–Kier alpha value is -2.25. The Kier molecular flexibility index (Phi) is 5.22. The Labute approximate surface area is 158 Å². The Morgan fingerprint density at radius 1 is 1.07 bits per heavy atom. The van der Waals surface area contributed by atoms with Gasteiger partial charge in [-0.25, -0.2) is 9.37 Å². The minimum Gasteiger partial charge on any atom is -0.340 e. The molecule has 144 valence electrons. The Morgan fingerprint density at radius 3 is 2.59 bits per heavy atom. The first-order chi connectivity index (χ1) is 13.1. The number of nitrogens with zero attached hydrogens (tertiary/aromatic N) is 4. The van der Waals surface area contributed by atoms with E-state index in [1.54, 1.807) is 6.07 Å². The molecule has 4 rings (SSSR count). The molecule has 7 heteroatoms. The quantitative estimate of drug-likeness (QED) is 0.881. The second-order valence-electron chi connectivity index (χ2n) is 7.47. The normalized spacial score (nSPS) is 19.0. The first-order valence-electron chi connectivity index (χ1n) is 9.61. The minimum atomic E-state index is -0.174. The van der Waals surface area contributed by atoms with Crippen LogP contribution in [0.15, 0.2) is 29.1 Å². The van der Waals surface area contributed by atoms with Gasteiger partial charge >= 0.3 is 0 Å². The van der Waals surface area contributed by atoms with Crippen molar-refractivity contribution in [1.82, 2.24) is 19.8 Å². The van der Waals surface area contributed by atoms with Gasteiger partial charge in [0.1, 0.15) is 5.82 Å². The third-order valence-electron chi connectivity index (χ3n) is 5.59. The molecule has 2 aromatic rings. The minimum absolute atomic E-state index is 0.0262. The number of likely N-dealkylation sites (N-methyl/N-ethyl adjacent to an activating group) is 1. The summed E-state index contributed by atoms with van der Waals surface area (Å²) < 4.78 is 14.0. The highest BCUT2D eigenvalue weighted by Crippen LogP contribution is 2.17. The maximum Gasteiger partial charge on any atom is 0.255 e. The van der Waals surface area contributed by atoms with Crippen molar-refractivity contribution in [3.8, 4) is 0 Å².